The first kappa shape index (κ1) is 12.4. The van der Waals surface area contributed by atoms with Gasteiger partial charge in [0.25, 0.3) is 0 Å². The summed E-state index contributed by atoms with van der Waals surface area (Å²) in [5, 5.41) is 3.69. The van der Waals surface area contributed by atoms with Crippen molar-refractivity contribution in [3.05, 3.63) is 29.3 Å². The van der Waals surface area contributed by atoms with E-state index in [1.54, 1.807) is 0 Å². The molecular formula is C14H20N2S. The number of hydrogen-bond acceptors (Lipinski definition) is 2. The molecule has 0 radical (unpaired) electrons. The van der Waals surface area contributed by atoms with Crippen LogP contribution in [0.4, 0.5) is 5.69 Å². The number of rotatable bonds is 4. The Labute approximate surface area is 109 Å². The molecule has 1 aliphatic carbocycles. The van der Waals surface area contributed by atoms with Crippen LogP contribution in [-0.2, 0) is 0 Å². The van der Waals surface area contributed by atoms with Crippen LogP contribution >= 0.6 is 12.2 Å². The van der Waals surface area contributed by atoms with E-state index in [4.69, 9.17) is 18.0 Å². The molecule has 3 heteroatoms. The third-order valence-electron chi connectivity index (χ3n) is 3.92. The largest absolute Gasteiger partial charge is 0.389 e. The van der Waals surface area contributed by atoms with Crippen LogP contribution in [0.1, 0.15) is 43.7 Å². The predicted octanol–water partition coefficient (Wildman–Crippen LogP) is 3.37. The number of anilines is 1. The van der Waals surface area contributed by atoms with E-state index in [1.165, 1.54) is 24.8 Å². The van der Waals surface area contributed by atoms with Crippen molar-refractivity contribution >= 4 is 22.9 Å². The molecule has 0 atom stereocenters. The van der Waals surface area contributed by atoms with E-state index in [9.17, 15) is 0 Å². The van der Waals surface area contributed by atoms with Crippen LogP contribution in [0.3, 0.4) is 0 Å². The van der Waals surface area contributed by atoms with Crippen molar-refractivity contribution < 1.29 is 0 Å². The highest BCUT2D eigenvalue weighted by atomic mass is 32.1. The Bertz CT molecular complexity index is 430. The monoisotopic (exact) mass is 248 g/mol. The lowest BCUT2D eigenvalue weighted by atomic mass is 9.74. The Morgan fingerprint density at radius 2 is 2.18 bits per heavy atom. The summed E-state index contributed by atoms with van der Waals surface area (Å²) >= 11 is 5.13. The summed E-state index contributed by atoms with van der Waals surface area (Å²) in [7, 11) is 0. The van der Waals surface area contributed by atoms with Crippen molar-refractivity contribution in [2.75, 3.05) is 5.32 Å². The van der Waals surface area contributed by atoms with Gasteiger partial charge in [-0.3, -0.25) is 0 Å². The zero-order valence-corrected chi connectivity index (χ0v) is 11.4. The number of thiocarbonyl (C=S) groups is 1. The van der Waals surface area contributed by atoms with Gasteiger partial charge in [0.05, 0.1) is 0 Å². The molecular weight excluding hydrogens is 228 g/mol. The molecule has 1 aromatic carbocycles. The van der Waals surface area contributed by atoms with Gasteiger partial charge in [-0.05, 0) is 44.2 Å². The van der Waals surface area contributed by atoms with Gasteiger partial charge in [-0.15, -0.1) is 0 Å². The van der Waals surface area contributed by atoms with Gasteiger partial charge in [-0.1, -0.05) is 31.3 Å². The summed E-state index contributed by atoms with van der Waals surface area (Å²) in [6.07, 6.45) is 4.95. The standard InChI is InChI=1S/C14H20N2S/c1-3-14(8-5-9-14)16-12-10(2)6-4-7-11(12)13(15)17/h4,6-7,16H,3,5,8-9H2,1-2H3,(H2,15,17). The van der Waals surface area contributed by atoms with E-state index in [1.807, 2.05) is 12.1 Å². The number of para-hydroxylation sites is 1. The second kappa shape index (κ2) is 4.65. The smallest absolute Gasteiger partial charge is 0.106 e. The molecule has 0 bridgehead atoms. The topological polar surface area (TPSA) is 38.0 Å². The minimum atomic E-state index is 0.269. The van der Waals surface area contributed by atoms with Crippen molar-refractivity contribution in [3.8, 4) is 0 Å². The highest BCUT2D eigenvalue weighted by Crippen LogP contribution is 2.39. The molecule has 0 amide bonds. The van der Waals surface area contributed by atoms with Crippen LogP contribution in [-0.4, -0.2) is 10.5 Å². The van der Waals surface area contributed by atoms with E-state index in [-0.39, 0.29) is 5.54 Å². The summed E-state index contributed by atoms with van der Waals surface area (Å²) in [6, 6.07) is 6.11. The van der Waals surface area contributed by atoms with Crippen molar-refractivity contribution in [1.29, 1.82) is 0 Å². The van der Waals surface area contributed by atoms with Gasteiger partial charge >= 0.3 is 0 Å². The molecule has 2 rings (SSSR count). The van der Waals surface area contributed by atoms with E-state index < -0.39 is 0 Å². The number of hydrogen-bond donors (Lipinski definition) is 2. The fraction of sp³-hybridized carbons (Fsp3) is 0.500. The highest BCUT2D eigenvalue weighted by Gasteiger charge is 2.35. The molecule has 0 spiro atoms. The molecule has 2 nitrogen and oxygen atoms in total. The van der Waals surface area contributed by atoms with Crippen molar-refractivity contribution in [2.24, 2.45) is 5.73 Å². The first-order valence-electron chi connectivity index (χ1n) is 6.25. The average Bonchev–Trinajstić information content (AvgIpc) is 2.25. The lowest BCUT2D eigenvalue weighted by molar-refractivity contribution is 0.269. The first-order chi connectivity index (χ1) is 8.08. The molecule has 1 saturated carbocycles. The van der Waals surface area contributed by atoms with E-state index in [2.05, 4.69) is 25.2 Å². The summed E-state index contributed by atoms with van der Waals surface area (Å²) in [5.74, 6) is 0. The number of aryl methyl sites for hydroxylation is 1. The lowest BCUT2D eigenvalue weighted by Crippen LogP contribution is -2.45. The maximum Gasteiger partial charge on any atom is 0.106 e. The van der Waals surface area contributed by atoms with Crippen LogP contribution in [0.15, 0.2) is 18.2 Å². The molecule has 1 aliphatic rings. The molecule has 17 heavy (non-hydrogen) atoms. The minimum absolute atomic E-state index is 0.269. The normalized spacial score (nSPS) is 17.3. The number of nitrogens with one attached hydrogen (secondary N) is 1. The summed E-state index contributed by atoms with van der Waals surface area (Å²) < 4.78 is 0. The Kier molecular flexibility index (Phi) is 3.38. The zero-order chi connectivity index (χ0) is 12.5. The summed E-state index contributed by atoms with van der Waals surface area (Å²) in [4.78, 5) is 0.474. The second-order valence-corrected chi connectivity index (χ2v) is 5.41. The van der Waals surface area contributed by atoms with Gasteiger partial charge in [0.1, 0.15) is 4.99 Å². The van der Waals surface area contributed by atoms with Gasteiger partial charge < -0.3 is 11.1 Å². The van der Waals surface area contributed by atoms with Gasteiger partial charge in [0, 0.05) is 16.8 Å². The van der Waals surface area contributed by atoms with Crippen LogP contribution in [0.5, 0.6) is 0 Å². The third kappa shape index (κ3) is 2.29. The molecule has 0 unspecified atom stereocenters. The molecule has 92 valence electrons. The second-order valence-electron chi connectivity index (χ2n) is 4.97. The quantitative estimate of drug-likeness (QED) is 0.802. The maximum atomic E-state index is 5.79. The van der Waals surface area contributed by atoms with E-state index in [0.717, 1.165) is 17.7 Å². The van der Waals surface area contributed by atoms with E-state index >= 15 is 0 Å². The van der Waals surface area contributed by atoms with Crippen molar-refractivity contribution in [1.82, 2.24) is 0 Å². The predicted molar refractivity (Wildman–Crippen MR) is 77.6 cm³/mol. The van der Waals surface area contributed by atoms with Crippen molar-refractivity contribution in [3.63, 3.8) is 0 Å². The SMILES string of the molecule is CCC1(Nc2c(C)cccc2C(N)=S)CCC1. The van der Waals surface area contributed by atoms with Crippen LogP contribution in [0, 0.1) is 6.92 Å². The highest BCUT2D eigenvalue weighted by molar-refractivity contribution is 7.80. The maximum absolute atomic E-state index is 5.79. The Hall–Kier alpha value is -1.09. The third-order valence-corrected chi connectivity index (χ3v) is 4.14. The van der Waals surface area contributed by atoms with Crippen molar-refractivity contribution in [2.45, 2.75) is 45.1 Å². The van der Waals surface area contributed by atoms with Crippen LogP contribution < -0.4 is 11.1 Å². The van der Waals surface area contributed by atoms with Gasteiger partial charge in [-0.25, -0.2) is 0 Å². The molecule has 0 heterocycles. The van der Waals surface area contributed by atoms with E-state index in [0.29, 0.717) is 4.99 Å². The average molecular weight is 248 g/mol. The molecule has 0 saturated heterocycles. The Morgan fingerprint density at radius 3 is 2.65 bits per heavy atom. The summed E-state index contributed by atoms with van der Waals surface area (Å²) in [5.41, 5.74) is 9.38. The van der Waals surface area contributed by atoms with Crippen LogP contribution in [0.25, 0.3) is 0 Å². The minimum Gasteiger partial charge on any atom is -0.389 e. The van der Waals surface area contributed by atoms with Gasteiger partial charge in [0.2, 0.25) is 0 Å². The molecule has 0 aliphatic heterocycles. The lowest BCUT2D eigenvalue weighted by Gasteiger charge is -2.43. The molecule has 3 N–H and O–H groups in total. The fourth-order valence-corrected chi connectivity index (χ4v) is 2.64. The summed E-state index contributed by atoms with van der Waals surface area (Å²) in [6.45, 7) is 4.34. The van der Waals surface area contributed by atoms with Gasteiger partial charge in [-0.2, -0.15) is 0 Å². The van der Waals surface area contributed by atoms with Crippen LogP contribution in [0.2, 0.25) is 0 Å². The number of benzene rings is 1. The Balaban J connectivity index is 2.34. The fourth-order valence-electron chi connectivity index (χ4n) is 2.47. The van der Waals surface area contributed by atoms with Gasteiger partial charge in [0.15, 0.2) is 0 Å². The Morgan fingerprint density at radius 1 is 1.47 bits per heavy atom. The zero-order valence-electron chi connectivity index (χ0n) is 10.5. The molecule has 0 aromatic heterocycles. The molecule has 1 fully saturated rings. The number of nitrogens with two attached hydrogens (primary N) is 1. The first-order valence-corrected chi connectivity index (χ1v) is 6.66. The molecule has 1 aromatic rings.